The normalized spacial score (nSPS) is 19.7. The van der Waals surface area contributed by atoms with Crippen LogP contribution in [0.15, 0.2) is 66.5 Å². The van der Waals surface area contributed by atoms with Crippen LogP contribution in [0.4, 0.5) is 0 Å². The van der Waals surface area contributed by atoms with Crippen molar-refractivity contribution in [1.29, 1.82) is 0 Å². The summed E-state index contributed by atoms with van der Waals surface area (Å²) in [6.45, 7) is 1.41. The van der Waals surface area contributed by atoms with Gasteiger partial charge in [-0.25, -0.2) is 0 Å². The number of hydrogen-bond donors (Lipinski definition) is 0. The van der Waals surface area contributed by atoms with Crippen LogP contribution >= 0.6 is 0 Å². The van der Waals surface area contributed by atoms with E-state index in [1.165, 1.54) is 6.92 Å². The van der Waals surface area contributed by atoms with Crippen molar-refractivity contribution in [3.8, 4) is 11.1 Å². The Balaban J connectivity index is 2.73. The Morgan fingerprint density at radius 2 is 1.59 bits per heavy atom. The molecule has 0 saturated carbocycles. The lowest BCUT2D eigenvalue weighted by Crippen LogP contribution is -1.82. The summed E-state index contributed by atoms with van der Waals surface area (Å²) < 4.78 is 88.9. The zero-order valence-electron chi connectivity index (χ0n) is 20.0. The first kappa shape index (κ1) is 3.71. The van der Waals surface area contributed by atoms with Gasteiger partial charge in [0.1, 0.15) is 0 Å². The lowest BCUT2D eigenvalue weighted by atomic mass is 9.97. The van der Waals surface area contributed by atoms with Gasteiger partial charge in [-0.2, -0.15) is 0 Å². The molecule has 0 nitrogen and oxygen atoms in total. The Morgan fingerprint density at radius 1 is 0.824 bits per heavy atom. The fourth-order valence-electron chi connectivity index (χ4n) is 1.56. The monoisotopic (exact) mass is 229 g/mol. The third-order valence-corrected chi connectivity index (χ3v) is 2.31. The van der Waals surface area contributed by atoms with Crippen molar-refractivity contribution in [2.75, 3.05) is 0 Å². The minimum atomic E-state index is -0.606. The number of fused-ring (bicyclic) bond motifs is 1. The first-order valence-corrected chi connectivity index (χ1v) is 5.00. The predicted molar refractivity (Wildman–Crippen MR) is 74.1 cm³/mol. The van der Waals surface area contributed by atoms with Crippen molar-refractivity contribution in [2.24, 2.45) is 0 Å². The largest absolute Gasteiger partial charge is 0.0632 e. The molecule has 0 heterocycles. The Labute approximate surface area is 117 Å². The molecule has 82 valence electrons. The van der Waals surface area contributed by atoms with E-state index < -0.39 is 54.4 Å². The van der Waals surface area contributed by atoms with Crippen LogP contribution in [0.3, 0.4) is 0 Å². The van der Waals surface area contributed by atoms with Crippen LogP contribution in [0.5, 0.6) is 0 Å². The maximum atomic E-state index is 8.32. The van der Waals surface area contributed by atoms with Gasteiger partial charge >= 0.3 is 0 Å². The summed E-state index contributed by atoms with van der Waals surface area (Å²) in [6, 6.07) is -5.69. The highest BCUT2D eigenvalue weighted by molar-refractivity contribution is 5.96. The van der Waals surface area contributed by atoms with Crippen LogP contribution < -0.4 is 0 Å². The SMILES string of the molecule is [2H]c1c([2H])c(C)c([2H])c(-c2c([2H])c([2H])c([2H])c3c([2H])c([2H])c([2H])c([2H])c23)c1[2H]. The summed E-state index contributed by atoms with van der Waals surface area (Å²) in [4.78, 5) is 0. The van der Waals surface area contributed by atoms with Gasteiger partial charge in [-0.15, -0.1) is 0 Å². The molecule has 3 aromatic carbocycles. The minimum Gasteiger partial charge on any atom is -0.0616 e. The lowest BCUT2D eigenvalue weighted by Gasteiger charge is -2.07. The van der Waals surface area contributed by atoms with Gasteiger partial charge in [0.2, 0.25) is 0 Å². The first-order chi connectivity index (χ1) is 12.9. The number of hydrogen-bond acceptors (Lipinski definition) is 0. The molecule has 0 unspecified atom stereocenters. The predicted octanol–water partition coefficient (Wildman–Crippen LogP) is 4.82. The van der Waals surface area contributed by atoms with Crippen molar-refractivity contribution < 1.29 is 15.1 Å². The highest BCUT2D eigenvalue weighted by atomic mass is 14.1. The third kappa shape index (κ3) is 1.83. The molecule has 0 aliphatic heterocycles. The molecule has 3 aromatic rings. The van der Waals surface area contributed by atoms with E-state index in [2.05, 4.69) is 0 Å². The molecule has 0 aliphatic rings. The minimum absolute atomic E-state index is 0.0749. The van der Waals surface area contributed by atoms with E-state index in [9.17, 15) is 0 Å². The second kappa shape index (κ2) is 4.06. The van der Waals surface area contributed by atoms with Crippen LogP contribution in [0.2, 0.25) is 0 Å². The van der Waals surface area contributed by atoms with Gasteiger partial charge in [-0.05, 0) is 28.8 Å². The summed E-state index contributed by atoms with van der Waals surface area (Å²) in [6.07, 6.45) is 0. The van der Waals surface area contributed by atoms with Crippen LogP contribution in [0, 0.1) is 6.92 Å². The van der Waals surface area contributed by atoms with Gasteiger partial charge in [0.25, 0.3) is 0 Å². The van der Waals surface area contributed by atoms with Gasteiger partial charge in [0.15, 0.2) is 0 Å². The summed E-state index contributed by atoms with van der Waals surface area (Å²) in [7, 11) is 0. The molecule has 0 aliphatic carbocycles. The Morgan fingerprint density at radius 3 is 2.53 bits per heavy atom. The molecule has 0 heteroatoms. The highest BCUT2D eigenvalue weighted by Gasteiger charge is 2.02. The molecule has 0 saturated heterocycles. The smallest absolute Gasteiger partial charge is 0.0616 e. The third-order valence-electron chi connectivity index (χ3n) is 2.31. The van der Waals surface area contributed by atoms with E-state index >= 15 is 0 Å². The lowest BCUT2D eigenvalue weighted by molar-refractivity contribution is 1.47. The Hall–Kier alpha value is -2.08. The average molecular weight is 229 g/mol. The quantitative estimate of drug-likeness (QED) is 0.561. The topological polar surface area (TPSA) is 0 Å². The van der Waals surface area contributed by atoms with Gasteiger partial charge in [-0.1, -0.05) is 72.0 Å². The fourth-order valence-corrected chi connectivity index (χ4v) is 1.56. The highest BCUT2D eigenvalue weighted by Crippen LogP contribution is 2.28. The van der Waals surface area contributed by atoms with E-state index in [0.29, 0.717) is 0 Å². The van der Waals surface area contributed by atoms with Gasteiger partial charge in [-0.3, -0.25) is 0 Å². The molecule has 0 spiro atoms. The van der Waals surface area contributed by atoms with E-state index in [1.807, 2.05) is 0 Å². The number of benzene rings is 3. The Bertz CT molecular complexity index is 1140. The molecule has 3 rings (SSSR count). The van der Waals surface area contributed by atoms with Crippen molar-refractivity contribution >= 4 is 10.8 Å². The summed E-state index contributed by atoms with van der Waals surface area (Å²) in [5.74, 6) is 0. The van der Waals surface area contributed by atoms with Gasteiger partial charge in [0, 0.05) is 0 Å². The molecule has 0 bridgehead atoms. The van der Waals surface area contributed by atoms with E-state index in [4.69, 9.17) is 15.1 Å². The van der Waals surface area contributed by atoms with Crippen molar-refractivity contribution in [3.63, 3.8) is 0 Å². The molecule has 0 amide bonds. The van der Waals surface area contributed by atoms with Crippen LogP contribution in [0.1, 0.15) is 20.6 Å². The second-order valence-electron chi connectivity index (χ2n) is 3.50. The van der Waals surface area contributed by atoms with Crippen molar-refractivity contribution in [3.05, 3.63) is 72.0 Å². The molecule has 0 fully saturated rings. The molecule has 0 atom stereocenters. The van der Waals surface area contributed by atoms with E-state index in [-0.39, 0.29) is 39.5 Å². The second-order valence-corrected chi connectivity index (χ2v) is 3.50. The van der Waals surface area contributed by atoms with E-state index in [0.717, 1.165) is 0 Å². The maximum Gasteiger partial charge on any atom is 0.0632 e. The average Bonchev–Trinajstić information content (AvgIpc) is 2.67. The van der Waals surface area contributed by atoms with Crippen LogP contribution in [-0.4, -0.2) is 0 Å². The first-order valence-electron chi connectivity index (χ1n) is 10.5. The standard InChI is InChI=1S/C17H14/c1-13-6-4-9-15(12-13)17-11-5-8-14-7-2-3-10-16(14)17/h2-12H,1H3/i2D,3D,4D,5D,6D,7D,8D,9D,10D,11D,12D. The zero-order chi connectivity index (χ0) is 21.2. The molecule has 0 N–H and O–H groups in total. The zero-order valence-corrected chi connectivity index (χ0v) is 9.00. The molecular formula is C17H14. The number of rotatable bonds is 1. The van der Waals surface area contributed by atoms with E-state index in [1.54, 1.807) is 0 Å². The fraction of sp³-hybridized carbons (Fsp3) is 0.0588. The maximum absolute atomic E-state index is 8.32. The molecule has 17 heavy (non-hydrogen) atoms. The molecular weight excluding hydrogens is 204 g/mol. The van der Waals surface area contributed by atoms with Crippen molar-refractivity contribution in [2.45, 2.75) is 6.92 Å². The summed E-state index contributed by atoms with van der Waals surface area (Å²) in [5.41, 5.74) is -0.451. The summed E-state index contributed by atoms with van der Waals surface area (Å²) >= 11 is 0. The van der Waals surface area contributed by atoms with Crippen molar-refractivity contribution in [1.82, 2.24) is 0 Å². The van der Waals surface area contributed by atoms with Gasteiger partial charge in [0.05, 0.1) is 15.1 Å². The van der Waals surface area contributed by atoms with Crippen LogP contribution in [0.25, 0.3) is 21.9 Å². The molecule has 0 aromatic heterocycles. The van der Waals surface area contributed by atoms with Crippen LogP contribution in [-0.2, 0) is 0 Å². The van der Waals surface area contributed by atoms with Gasteiger partial charge < -0.3 is 0 Å². The Kier molecular flexibility index (Phi) is 0.886. The summed E-state index contributed by atoms with van der Waals surface area (Å²) in [5, 5.41) is -0.518. The molecule has 0 radical (unpaired) electrons.